The molecule has 0 aromatic heterocycles. The average Bonchev–Trinajstić information content (AvgIpc) is 2.36. The molecular weight excluding hydrogens is 264 g/mol. The molecule has 1 saturated carbocycles. The molecule has 1 amide bonds. The van der Waals surface area contributed by atoms with Gasteiger partial charge in [-0.05, 0) is 38.2 Å². The fraction of sp³-hybridized carbons (Fsp3) is 0.846. The highest BCUT2D eigenvalue weighted by Gasteiger charge is 2.42. The fourth-order valence-corrected chi connectivity index (χ4v) is 3.36. The van der Waals surface area contributed by atoms with E-state index in [0.29, 0.717) is 4.99 Å². The molecule has 0 radical (unpaired) electrons. The molecule has 1 aliphatic rings. The monoisotopic (exact) mass is 288 g/mol. The maximum absolute atomic E-state index is 12.4. The van der Waals surface area contributed by atoms with Crippen LogP contribution in [0.2, 0.25) is 0 Å². The molecule has 18 heavy (non-hydrogen) atoms. The van der Waals surface area contributed by atoms with E-state index in [9.17, 15) is 4.79 Å². The van der Waals surface area contributed by atoms with E-state index in [4.69, 9.17) is 18.0 Å². The van der Waals surface area contributed by atoms with E-state index >= 15 is 0 Å². The van der Waals surface area contributed by atoms with Crippen molar-refractivity contribution in [3.05, 3.63) is 0 Å². The smallest absolute Gasteiger partial charge is 0.233 e. The third kappa shape index (κ3) is 3.85. The molecule has 1 fully saturated rings. The third-order valence-electron chi connectivity index (χ3n) is 3.75. The van der Waals surface area contributed by atoms with E-state index < -0.39 is 5.41 Å². The van der Waals surface area contributed by atoms with Gasteiger partial charge in [-0.25, -0.2) is 0 Å². The molecular formula is C13H24N2OS2. The summed E-state index contributed by atoms with van der Waals surface area (Å²) in [7, 11) is 0. The van der Waals surface area contributed by atoms with Gasteiger partial charge in [0.2, 0.25) is 5.91 Å². The van der Waals surface area contributed by atoms with Crippen molar-refractivity contribution in [2.24, 2.45) is 11.1 Å². The van der Waals surface area contributed by atoms with Gasteiger partial charge in [0.25, 0.3) is 0 Å². The first-order valence-electron chi connectivity index (χ1n) is 6.63. The van der Waals surface area contributed by atoms with Gasteiger partial charge in [-0.15, -0.1) is 0 Å². The summed E-state index contributed by atoms with van der Waals surface area (Å²) in [6, 6.07) is 0.193. The van der Waals surface area contributed by atoms with E-state index in [2.05, 4.69) is 11.6 Å². The lowest BCUT2D eigenvalue weighted by molar-refractivity contribution is -0.129. The summed E-state index contributed by atoms with van der Waals surface area (Å²) in [6.45, 7) is 2.05. The van der Waals surface area contributed by atoms with Crippen LogP contribution in [0.4, 0.5) is 0 Å². The van der Waals surface area contributed by atoms with Gasteiger partial charge in [0.05, 0.1) is 10.4 Å². The lowest BCUT2D eigenvalue weighted by Crippen LogP contribution is -2.52. The molecule has 0 spiro atoms. The fourth-order valence-electron chi connectivity index (χ4n) is 2.47. The van der Waals surface area contributed by atoms with Crippen LogP contribution in [0.15, 0.2) is 0 Å². The Morgan fingerprint density at radius 1 is 1.44 bits per heavy atom. The zero-order valence-electron chi connectivity index (χ0n) is 11.3. The molecule has 0 saturated heterocycles. The van der Waals surface area contributed by atoms with Crippen molar-refractivity contribution in [1.29, 1.82) is 0 Å². The Labute approximate surface area is 120 Å². The summed E-state index contributed by atoms with van der Waals surface area (Å²) >= 11 is 6.95. The SMILES string of the molecule is CSCCC(C)NC(=O)C1(C(N)=S)CCCCC1. The highest BCUT2D eigenvalue weighted by molar-refractivity contribution is 7.98. The zero-order valence-corrected chi connectivity index (χ0v) is 13.0. The Morgan fingerprint density at radius 3 is 2.56 bits per heavy atom. The van der Waals surface area contributed by atoms with Crippen molar-refractivity contribution in [2.75, 3.05) is 12.0 Å². The number of hydrogen-bond donors (Lipinski definition) is 2. The predicted molar refractivity (Wildman–Crippen MR) is 82.9 cm³/mol. The molecule has 1 rings (SSSR count). The molecule has 0 aliphatic heterocycles. The molecule has 0 bridgehead atoms. The molecule has 5 heteroatoms. The van der Waals surface area contributed by atoms with E-state index in [0.717, 1.165) is 37.9 Å². The summed E-state index contributed by atoms with van der Waals surface area (Å²) in [5.41, 5.74) is 5.26. The van der Waals surface area contributed by atoms with E-state index in [1.165, 1.54) is 6.42 Å². The summed E-state index contributed by atoms with van der Waals surface area (Å²) in [6.07, 6.45) is 7.95. The van der Waals surface area contributed by atoms with Crippen molar-refractivity contribution >= 4 is 34.9 Å². The summed E-state index contributed by atoms with van der Waals surface area (Å²) in [5.74, 6) is 1.10. The molecule has 1 atom stereocenters. The normalized spacial score (nSPS) is 20.1. The van der Waals surface area contributed by atoms with Gasteiger partial charge in [0, 0.05) is 6.04 Å². The van der Waals surface area contributed by atoms with Crippen LogP contribution >= 0.6 is 24.0 Å². The highest BCUT2D eigenvalue weighted by Crippen LogP contribution is 2.37. The van der Waals surface area contributed by atoms with Crippen LogP contribution in [0.1, 0.15) is 45.4 Å². The second-order valence-corrected chi connectivity index (χ2v) is 6.59. The summed E-state index contributed by atoms with van der Waals surface area (Å²) in [5, 5.41) is 3.09. The Balaban J connectivity index is 2.63. The molecule has 0 aromatic rings. The van der Waals surface area contributed by atoms with Crippen molar-refractivity contribution in [2.45, 2.75) is 51.5 Å². The van der Waals surface area contributed by atoms with Crippen LogP contribution in [0, 0.1) is 5.41 Å². The number of thiocarbonyl (C=S) groups is 1. The molecule has 0 aromatic carbocycles. The lowest BCUT2D eigenvalue weighted by atomic mass is 9.73. The van der Waals surface area contributed by atoms with Gasteiger partial charge in [-0.2, -0.15) is 11.8 Å². The van der Waals surface area contributed by atoms with Gasteiger partial charge in [0.15, 0.2) is 0 Å². The number of carbonyl (C=O) groups excluding carboxylic acids is 1. The van der Waals surface area contributed by atoms with Crippen molar-refractivity contribution in [3.8, 4) is 0 Å². The Kier molecular flexibility index (Phi) is 6.43. The second kappa shape index (κ2) is 7.34. The van der Waals surface area contributed by atoms with Crippen molar-refractivity contribution in [3.63, 3.8) is 0 Å². The van der Waals surface area contributed by atoms with E-state index in [1.807, 2.05) is 6.92 Å². The largest absolute Gasteiger partial charge is 0.392 e. The van der Waals surface area contributed by atoms with Crippen LogP contribution in [-0.4, -0.2) is 28.9 Å². The standard InChI is InChI=1S/C13H24N2OS2/c1-10(6-9-18-2)15-12(16)13(11(14)17)7-4-3-5-8-13/h10H,3-9H2,1-2H3,(H2,14,17)(H,15,16). The number of hydrogen-bond acceptors (Lipinski definition) is 3. The molecule has 1 unspecified atom stereocenters. The van der Waals surface area contributed by atoms with Crippen molar-refractivity contribution in [1.82, 2.24) is 5.32 Å². The van der Waals surface area contributed by atoms with Crippen LogP contribution in [-0.2, 0) is 4.79 Å². The van der Waals surface area contributed by atoms with Crippen LogP contribution in [0.25, 0.3) is 0 Å². The van der Waals surface area contributed by atoms with Gasteiger partial charge < -0.3 is 11.1 Å². The van der Waals surface area contributed by atoms with Crippen LogP contribution in [0.5, 0.6) is 0 Å². The topological polar surface area (TPSA) is 55.1 Å². The van der Waals surface area contributed by atoms with Gasteiger partial charge in [-0.1, -0.05) is 31.5 Å². The van der Waals surface area contributed by atoms with Gasteiger partial charge in [-0.3, -0.25) is 4.79 Å². The maximum Gasteiger partial charge on any atom is 0.233 e. The number of amides is 1. The molecule has 3 N–H and O–H groups in total. The quantitative estimate of drug-likeness (QED) is 0.737. The Morgan fingerprint density at radius 2 is 2.06 bits per heavy atom. The van der Waals surface area contributed by atoms with Gasteiger partial charge in [0.1, 0.15) is 0 Å². The number of thioether (sulfide) groups is 1. The van der Waals surface area contributed by atoms with Crippen molar-refractivity contribution < 1.29 is 4.79 Å². The lowest BCUT2D eigenvalue weighted by Gasteiger charge is -2.35. The van der Waals surface area contributed by atoms with Gasteiger partial charge >= 0.3 is 0 Å². The zero-order chi connectivity index (χ0) is 13.6. The predicted octanol–water partition coefficient (Wildman–Crippen LogP) is 2.48. The van der Waals surface area contributed by atoms with Crippen LogP contribution < -0.4 is 11.1 Å². The van der Waals surface area contributed by atoms with E-state index in [-0.39, 0.29) is 11.9 Å². The Bertz CT molecular complexity index is 301. The summed E-state index contributed by atoms with van der Waals surface area (Å²) in [4.78, 5) is 12.8. The first-order valence-corrected chi connectivity index (χ1v) is 8.43. The minimum absolute atomic E-state index is 0.0447. The highest BCUT2D eigenvalue weighted by atomic mass is 32.2. The maximum atomic E-state index is 12.4. The second-order valence-electron chi connectivity index (χ2n) is 5.16. The average molecular weight is 288 g/mol. The number of nitrogens with one attached hydrogen (secondary N) is 1. The molecule has 104 valence electrons. The number of rotatable bonds is 6. The minimum atomic E-state index is -0.582. The molecule has 1 aliphatic carbocycles. The number of nitrogens with two attached hydrogens (primary N) is 1. The summed E-state index contributed by atoms with van der Waals surface area (Å²) < 4.78 is 0. The molecule has 0 heterocycles. The molecule has 3 nitrogen and oxygen atoms in total. The Hall–Kier alpha value is -0.290. The third-order valence-corrected chi connectivity index (χ3v) is 4.78. The van der Waals surface area contributed by atoms with E-state index in [1.54, 1.807) is 11.8 Å². The first kappa shape index (κ1) is 15.8. The minimum Gasteiger partial charge on any atom is -0.392 e. The first-order chi connectivity index (χ1) is 8.53. The number of carbonyl (C=O) groups is 1. The van der Waals surface area contributed by atoms with Crippen LogP contribution in [0.3, 0.4) is 0 Å².